The highest BCUT2D eigenvalue weighted by molar-refractivity contribution is 5.94. The highest BCUT2D eigenvalue weighted by Gasteiger charge is 2.22. The summed E-state index contributed by atoms with van der Waals surface area (Å²) < 4.78 is 0. The van der Waals surface area contributed by atoms with E-state index in [0.29, 0.717) is 6.42 Å². The van der Waals surface area contributed by atoms with Gasteiger partial charge in [-0.15, -0.1) is 0 Å². The lowest BCUT2D eigenvalue weighted by Crippen LogP contribution is -2.52. The van der Waals surface area contributed by atoms with Gasteiger partial charge in [-0.25, -0.2) is 4.79 Å². The Bertz CT molecular complexity index is 594. The Morgan fingerprint density at radius 2 is 2.00 bits per heavy atom. The molecule has 1 saturated heterocycles. The lowest BCUT2D eigenvalue weighted by molar-refractivity contribution is -0.116. The molecule has 1 aromatic rings. The Labute approximate surface area is 136 Å². The Balaban J connectivity index is 1.60. The minimum atomic E-state index is 0.0413. The molecule has 1 fully saturated rings. The molecule has 3 rings (SSSR count). The number of nitrogens with one attached hydrogen (secondary N) is 2. The number of anilines is 2. The van der Waals surface area contributed by atoms with Gasteiger partial charge in [0.15, 0.2) is 0 Å². The van der Waals surface area contributed by atoms with Crippen LogP contribution in [0, 0.1) is 0 Å². The van der Waals surface area contributed by atoms with Gasteiger partial charge in [0.2, 0.25) is 5.91 Å². The van der Waals surface area contributed by atoms with Gasteiger partial charge in [-0.2, -0.15) is 0 Å². The molecule has 2 heterocycles. The summed E-state index contributed by atoms with van der Waals surface area (Å²) in [4.78, 5) is 27.6. The molecule has 0 radical (unpaired) electrons. The number of piperazine rings is 1. The fourth-order valence-electron chi connectivity index (χ4n) is 3.08. The van der Waals surface area contributed by atoms with Crippen LogP contribution in [0.1, 0.15) is 25.3 Å². The lowest BCUT2D eigenvalue weighted by atomic mass is 10.0. The Hall–Kier alpha value is -2.24. The van der Waals surface area contributed by atoms with Gasteiger partial charge in [0.25, 0.3) is 0 Å². The van der Waals surface area contributed by atoms with Gasteiger partial charge >= 0.3 is 6.03 Å². The minimum absolute atomic E-state index is 0.0413. The van der Waals surface area contributed by atoms with E-state index in [2.05, 4.69) is 34.6 Å². The van der Waals surface area contributed by atoms with E-state index < -0.39 is 0 Å². The lowest BCUT2D eigenvalue weighted by Gasteiger charge is -2.36. The number of amides is 3. The molecule has 23 heavy (non-hydrogen) atoms. The molecule has 0 saturated carbocycles. The molecular formula is C17H24N4O2. The number of carbonyl (C=O) groups excluding carboxylic acids is 2. The Morgan fingerprint density at radius 3 is 2.74 bits per heavy atom. The van der Waals surface area contributed by atoms with E-state index in [1.54, 1.807) is 0 Å². The predicted molar refractivity (Wildman–Crippen MR) is 90.9 cm³/mol. The van der Waals surface area contributed by atoms with Gasteiger partial charge in [-0.1, -0.05) is 6.92 Å². The maximum Gasteiger partial charge on any atom is 0.317 e. The van der Waals surface area contributed by atoms with Crippen molar-refractivity contribution in [3.8, 4) is 0 Å². The highest BCUT2D eigenvalue weighted by Crippen LogP contribution is 2.28. The summed E-state index contributed by atoms with van der Waals surface area (Å²) in [7, 11) is 0. The fourth-order valence-corrected chi connectivity index (χ4v) is 3.08. The van der Waals surface area contributed by atoms with Crippen molar-refractivity contribution in [2.45, 2.75) is 26.2 Å². The van der Waals surface area contributed by atoms with Crippen LogP contribution >= 0.6 is 0 Å². The summed E-state index contributed by atoms with van der Waals surface area (Å²) >= 11 is 0. The third-order valence-electron chi connectivity index (χ3n) is 4.44. The van der Waals surface area contributed by atoms with Crippen LogP contribution in [0.5, 0.6) is 0 Å². The third kappa shape index (κ3) is 3.57. The topological polar surface area (TPSA) is 64.7 Å². The molecule has 0 aliphatic carbocycles. The fraction of sp³-hybridized carbons (Fsp3) is 0.529. The molecule has 3 amide bonds. The minimum Gasteiger partial charge on any atom is -0.368 e. The van der Waals surface area contributed by atoms with Crippen molar-refractivity contribution in [1.29, 1.82) is 0 Å². The molecular weight excluding hydrogens is 292 g/mol. The van der Waals surface area contributed by atoms with Crippen LogP contribution < -0.4 is 15.5 Å². The molecule has 0 atom stereocenters. The largest absolute Gasteiger partial charge is 0.368 e. The molecule has 0 bridgehead atoms. The van der Waals surface area contributed by atoms with E-state index in [4.69, 9.17) is 0 Å². The summed E-state index contributed by atoms with van der Waals surface area (Å²) in [5.41, 5.74) is 3.31. The van der Waals surface area contributed by atoms with Crippen molar-refractivity contribution >= 4 is 23.3 Å². The summed E-state index contributed by atoms with van der Waals surface area (Å²) in [6, 6.07) is 6.25. The maximum absolute atomic E-state index is 12.0. The number of nitrogens with zero attached hydrogens (tertiary/aromatic N) is 2. The van der Waals surface area contributed by atoms with Crippen molar-refractivity contribution in [3.05, 3.63) is 23.8 Å². The zero-order chi connectivity index (χ0) is 16.2. The number of hydrogen-bond acceptors (Lipinski definition) is 3. The number of hydrogen-bond donors (Lipinski definition) is 2. The number of aryl methyl sites for hydroxylation is 1. The molecule has 2 aliphatic rings. The average molecular weight is 316 g/mol. The van der Waals surface area contributed by atoms with Crippen molar-refractivity contribution in [3.63, 3.8) is 0 Å². The molecule has 6 nitrogen and oxygen atoms in total. The normalized spacial score (nSPS) is 17.5. The number of benzene rings is 1. The number of fused-ring (bicyclic) bond motifs is 1. The van der Waals surface area contributed by atoms with Crippen LogP contribution in [0.3, 0.4) is 0 Å². The second kappa shape index (κ2) is 6.89. The molecule has 0 unspecified atom stereocenters. The smallest absolute Gasteiger partial charge is 0.317 e. The van der Waals surface area contributed by atoms with Crippen molar-refractivity contribution in [2.24, 2.45) is 0 Å². The predicted octanol–water partition coefficient (Wildman–Crippen LogP) is 1.81. The van der Waals surface area contributed by atoms with Crippen molar-refractivity contribution in [2.75, 3.05) is 42.9 Å². The second-order valence-electron chi connectivity index (χ2n) is 6.10. The Morgan fingerprint density at radius 1 is 1.22 bits per heavy atom. The monoisotopic (exact) mass is 316 g/mol. The van der Waals surface area contributed by atoms with E-state index in [9.17, 15) is 9.59 Å². The van der Waals surface area contributed by atoms with Gasteiger partial charge < -0.3 is 20.4 Å². The maximum atomic E-state index is 12.0. The van der Waals surface area contributed by atoms with Crippen molar-refractivity contribution in [1.82, 2.24) is 10.2 Å². The average Bonchev–Trinajstić information content (AvgIpc) is 2.59. The van der Waals surface area contributed by atoms with Crippen LogP contribution in [-0.2, 0) is 11.2 Å². The molecule has 2 N–H and O–H groups in total. The zero-order valence-electron chi connectivity index (χ0n) is 13.6. The van der Waals surface area contributed by atoms with Gasteiger partial charge in [0, 0.05) is 50.5 Å². The number of carbonyl (C=O) groups is 2. The summed E-state index contributed by atoms with van der Waals surface area (Å²) in [5.74, 6) is 0.0944. The zero-order valence-corrected chi connectivity index (χ0v) is 13.6. The Kier molecular flexibility index (Phi) is 4.69. The first-order valence-corrected chi connectivity index (χ1v) is 8.38. The molecule has 124 valence electrons. The third-order valence-corrected chi connectivity index (χ3v) is 4.44. The molecule has 0 aromatic heterocycles. The summed E-state index contributed by atoms with van der Waals surface area (Å²) in [5, 5.41) is 5.84. The highest BCUT2D eigenvalue weighted by atomic mass is 16.2. The molecule has 6 heteroatoms. The first-order chi connectivity index (χ1) is 11.2. The van der Waals surface area contributed by atoms with E-state index in [-0.39, 0.29) is 11.9 Å². The van der Waals surface area contributed by atoms with E-state index in [1.807, 2.05) is 11.0 Å². The first-order valence-electron chi connectivity index (χ1n) is 8.38. The van der Waals surface area contributed by atoms with Crippen LogP contribution in [0.4, 0.5) is 16.2 Å². The van der Waals surface area contributed by atoms with Crippen LogP contribution in [0.15, 0.2) is 18.2 Å². The molecule has 1 aromatic carbocycles. The standard InChI is InChI=1S/C17H24N4O2/c1-2-7-18-17(23)21-10-8-20(9-11-21)14-4-5-15-13(12-14)3-6-16(22)19-15/h4-5,12H,2-3,6-11H2,1H3,(H,18,23)(H,19,22). The van der Waals surface area contributed by atoms with E-state index in [1.165, 1.54) is 11.3 Å². The van der Waals surface area contributed by atoms with Crippen LogP contribution in [-0.4, -0.2) is 49.6 Å². The molecule has 0 spiro atoms. The van der Waals surface area contributed by atoms with Crippen LogP contribution in [0.2, 0.25) is 0 Å². The summed E-state index contributed by atoms with van der Waals surface area (Å²) in [6.45, 7) is 5.94. The van der Waals surface area contributed by atoms with Crippen molar-refractivity contribution < 1.29 is 9.59 Å². The quantitative estimate of drug-likeness (QED) is 0.894. The van der Waals surface area contributed by atoms with Gasteiger partial charge in [-0.05, 0) is 36.6 Å². The van der Waals surface area contributed by atoms with Gasteiger partial charge in [0.05, 0.1) is 0 Å². The van der Waals surface area contributed by atoms with Gasteiger partial charge in [0.1, 0.15) is 0 Å². The van der Waals surface area contributed by atoms with Gasteiger partial charge in [-0.3, -0.25) is 4.79 Å². The first kappa shape index (κ1) is 15.6. The van der Waals surface area contributed by atoms with E-state index in [0.717, 1.165) is 51.3 Å². The van der Waals surface area contributed by atoms with Crippen LogP contribution in [0.25, 0.3) is 0 Å². The second-order valence-corrected chi connectivity index (χ2v) is 6.10. The SMILES string of the molecule is CCCNC(=O)N1CCN(c2ccc3c(c2)CCC(=O)N3)CC1. The van der Waals surface area contributed by atoms with E-state index >= 15 is 0 Å². The summed E-state index contributed by atoms with van der Waals surface area (Å²) in [6.07, 6.45) is 2.31. The number of rotatable bonds is 3. The molecule has 2 aliphatic heterocycles. The number of urea groups is 1.